The zero-order chi connectivity index (χ0) is 19.3. The number of nitrogens with one attached hydrogen (secondary N) is 3. The molecule has 1 aromatic carbocycles. The van der Waals surface area contributed by atoms with Crippen LogP contribution in [0, 0.1) is 0 Å². The molecule has 2 fully saturated rings. The molecule has 8 nitrogen and oxygen atoms in total. The maximum absolute atomic E-state index is 12.2. The quantitative estimate of drug-likeness (QED) is 0.306. The van der Waals surface area contributed by atoms with Gasteiger partial charge in [-0.05, 0) is 37.0 Å². The van der Waals surface area contributed by atoms with Crippen molar-refractivity contribution < 1.29 is 17.9 Å². The summed E-state index contributed by atoms with van der Waals surface area (Å²) in [7, 11) is -1.29. The van der Waals surface area contributed by atoms with E-state index in [9.17, 15) is 13.2 Å². The summed E-state index contributed by atoms with van der Waals surface area (Å²) in [6.45, 7) is 1.14. The first-order valence-corrected chi connectivity index (χ1v) is 11.0. The zero-order valence-corrected chi connectivity index (χ0v) is 19.0. The number of benzene rings is 1. The number of carbonyl (C=O) groups is 1. The van der Waals surface area contributed by atoms with Gasteiger partial charge in [0.15, 0.2) is 15.8 Å². The van der Waals surface area contributed by atoms with Crippen molar-refractivity contribution in [1.82, 2.24) is 10.6 Å². The van der Waals surface area contributed by atoms with Crippen molar-refractivity contribution >= 4 is 51.4 Å². The molecule has 0 radical (unpaired) electrons. The molecule has 0 bridgehead atoms. The van der Waals surface area contributed by atoms with E-state index >= 15 is 0 Å². The zero-order valence-electron chi connectivity index (χ0n) is 15.8. The normalized spacial score (nSPS) is 23.7. The van der Waals surface area contributed by atoms with Gasteiger partial charge in [0.2, 0.25) is 0 Å². The monoisotopic (exact) mass is 522 g/mol. The molecule has 3 N–H and O–H groups in total. The van der Waals surface area contributed by atoms with Crippen molar-refractivity contribution in [1.29, 1.82) is 0 Å². The van der Waals surface area contributed by atoms with Crippen LogP contribution in [-0.2, 0) is 25.9 Å². The number of rotatable bonds is 5. The number of guanidine groups is 1. The first-order chi connectivity index (χ1) is 12.9. The Balaban J connectivity index is 0.00000280. The van der Waals surface area contributed by atoms with Gasteiger partial charge < -0.3 is 20.7 Å². The molecule has 156 valence electrons. The lowest BCUT2D eigenvalue weighted by atomic mass is 10.2. The molecule has 0 saturated carbocycles. The molecule has 2 heterocycles. The third-order valence-corrected chi connectivity index (χ3v) is 6.44. The van der Waals surface area contributed by atoms with Crippen LogP contribution in [0.5, 0.6) is 0 Å². The number of hydrogen-bond donors (Lipinski definition) is 3. The molecular formula is C18H27IN4O4S. The number of sulfone groups is 1. The topological polar surface area (TPSA) is 109 Å². The van der Waals surface area contributed by atoms with Gasteiger partial charge in [-0.1, -0.05) is 12.1 Å². The fraction of sp³-hybridized carbons (Fsp3) is 0.556. The molecule has 0 aromatic heterocycles. The van der Waals surface area contributed by atoms with Gasteiger partial charge in [-0.15, -0.1) is 24.0 Å². The van der Waals surface area contributed by atoms with Crippen molar-refractivity contribution in [3.8, 4) is 0 Å². The first-order valence-electron chi connectivity index (χ1n) is 9.14. The van der Waals surface area contributed by atoms with Crippen LogP contribution in [0.2, 0.25) is 0 Å². The van der Waals surface area contributed by atoms with E-state index in [1.807, 2.05) is 24.3 Å². The van der Waals surface area contributed by atoms with Crippen LogP contribution in [0.1, 0.15) is 24.8 Å². The molecular weight excluding hydrogens is 495 g/mol. The second kappa shape index (κ2) is 10.4. The number of hydrogen-bond acceptors (Lipinski definition) is 5. The van der Waals surface area contributed by atoms with Crippen molar-refractivity contribution in [3.63, 3.8) is 0 Å². The molecule has 2 unspecified atom stereocenters. The van der Waals surface area contributed by atoms with E-state index in [1.54, 1.807) is 7.05 Å². The summed E-state index contributed by atoms with van der Waals surface area (Å²) in [5.41, 5.74) is 1.70. The van der Waals surface area contributed by atoms with Gasteiger partial charge in [-0.25, -0.2) is 8.42 Å². The fourth-order valence-corrected chi connectivity index (χ4v) is 4.92. The Morgan fingerprint density at radius 1 is 1.32 bits per heavy atom. The van der Waals surface area contributed by atoms with Crippen LogP contribution in [-0.4, -0.2) is 57.6 Å². The summed E-state index contributed by atoms with van der Waals surface area (Å²) in [6, 6.07) is 7.45. The number of halogens is 1. The van der Waals surface area contributed by atoms with E-state index < -0.39 is 9.84 Å². The summed E-state index contributed by atoms with van der Waals surface area (Å²) in [4.78, 5) is 16.3. The number of anilines is 1. The minimum Gasteiger partial charge on any atom is -0.368 e. The molecule has 2 atom stereocenters. The minimum absolute atomic E-state index is 0. The number of carbonyl (C=O) groups excluding carboxylic acids is 1. The molecule has 28 heavy (non-hydrogen) atoms. The number of nitrogens with zero attached hydrogens (tertiary/aromatic N) is 1. The Hall–Kier alpha value is -1.40. The summed E-state index contributed by atoms with van der Waals surface area (Å²) in [5.74, 6) is 0.801. The molecule has 2 aliphatic heterocycles. The largest absolute Gasteiger partial charge is 0.368 e. The average molecular weight is 522 g/mol. The highest BCUT2D eigenvalue weighted by molar-refractivity contribution is 14.0. The summed E-state index contributed by atoms with van der Waals surface area (Å²) in [5, 5.41) is 9.22. The van der Waals surface area contributed by atoms with Gasteiger partial charge in [0, 0.05) is 31.9 Å². The minimum atomic E-state index is -2.94. The van der Waals surface area contributed by atoms with E-state index in [2.05, 4.69) is 20.9 Å². The highest BCUT2D eigenvalue weighted by Gasteiger charge is 2.28. The Morgan fingerprint density at radius 2 is 2.14 bits per heavy atom. The Kier molecular flexibility index (Phi) is 8.50. The van der Waals surface area contributed by atoms with Crippen molar-refractivity contribution in [2.45, 2.75) is 38.0 Å². The molecule has 0 aliphatic carbocycles. The first kappa shape index (κ1) is 22.9. The van der Waals surface area contributed by atoms with Crippen LogP contribution < -0.4 is 16.0 Å². The van der Waals surface area contributed by atoms with E-state index in [4.69, 9.17) is 4.74 Å². The van der Waals surface area contributed by atoms with Crippen LogP contribution in [0.15, 0.2) is 29.3 Å². The van der Waals surface area contributed by atoms with Gasteiger partial charge in [0.25, 0.3) is 5.91 Å². The third kappa shape index (κ3) is 6.59. The standard InChI is InChI=1S/C18H26N4O4S.HI/c1-19-18(22-15-7-9-27(24,25)12-15)20-11-13-4-2-5-14(10-13)21-17(23)16-6-3-8-26-16;/h2,4-5,10,15-16H,3,6-9,11-12H2,1H3,(H,21,23)(H2,19,20,22);1H. The predicted molar refractivity (Wildman–Crippen MR) is 120 cm³/mol. The van der Waals surface area contributed by atoms with Crippen molar-refractivity contribution in [2.75, 3.05) is 30.5 Å². The Labute approximate surface area is 182 Å². The van der Waals surface area contributed by atoms with Gasteiger partial charge in [-0.3, -0.25) is 9.79 Å². The second-order valence-corrected chi connectivity index (χ2v) is 9.09. The number of amides is 1. The highest BCUT2D eigenvalue weighted by atomic mass is 127. The van der Waals surface area contributed by atoms with Crippen LogP contribution >= 0.6 is 24.0 Å². The van der Waals surface area contributed by atoms with Gasteiger partial charge in [0.05, 0.1) is 11.5 Å². The lowest BCUT2D eigenvalue weighted by Crippen LogP contribution is -2.43. The average Bonchev–Trinajstić information content (AvgIpc) is 3.28. The maximum Gasteiger partial charge on any atom is 0.253 e. The SMILES string of the molecule is CN=C(NCc1cccc(NC(=O)C2CCCO2)c1)NC1CCS(=O)(=O)C1.I. The molecule has 2 aliphatic rings. The van der Waals surface area contributed by atoms with Crippen LogP contribution in [0.4, 0.5) is 5.69 Å². The van der Waals surface area contributed by atoms with Gasteiger partial charge in [-0.2, -0.15) is 0 Å². The number of aliphatic imine (C=N–C) groups is 1. The molecule has 2 saturated heterocycles. The van der Waals surface area contributed by atoms with E-state index in [0.717, 1.165) is 24.1 Å². The van der Waals surface area contributed by atoms with Crippen molar-refractivity contribution in [3.05, 3.63) is 29.8 Å². The lowest BCUT2D eigenvalue weighted by Gasteiger charge is -2.16. The molecule has 10 heteroatoms. The van der Waals surface area contributed by atoms with Gasteiger partial charge in [0.1, 0.15) is 6.10 Å². The Bertz CT molecular complexity index is 810. The second-order valence-electron chi connectivity index (χ2n) is 6.86. The molecule has 3 rings (SSSR count). The fourth-order valence-electron chi connectivity index (χ4n) is 3.25. The summed E-state index contributed by atoms with van der Waals surface area (Å²) < 4.78 is 28.5. The number of ether oxygens (including phenoxy) is 1. The highest BCUT2D eigenvalue weighted by Crippen LogP contribution is 2.16. The van der Waals surface area contributed by atoms with Gasteiger partial charge >= 0.3 is 0 Å². The molecule has 0 spiro atoms. The van der Waals surface area contributed by atoms with E-state index in [0.29, 0.717) is 25.5 Å². The van der Waals surface area contributed by atoms with Crippen LogP contribution in [0.3, 0.4) is 0 Å². The summed E-state index contributed by atoms with van der Waals surface area (Å²) in [6.07, 6.45) is 1.90. The Morgan fingerprint density at radius 3 is 2.79 bits per heavy atom. The maximum atomic E-state index is 12.2. The predicted octanol–water partition coefficient (Wildman–Crippen LogP) is 1.27. The molecule has 1 amide bonds. The lowest BCUT2D eigenvalue weighted by molar-refractivity contribution is -0.124. The summed E-state index contributed by atoms with van der Waals surface area (Å²) >= 11 is 0. The van der Waals surface area contributed by atoms with Crippen molar-refractivity contribution in [2.24, 2.45) is 4.99 Å². The molecule has 1 aromatic rings. The van der Waals surface area contributed by atoms with Crippen LogP contribution in [0.25, 0.3) is 0 Å². The van der Waals surface area contributed by atoms with E-state index in [1.165, 1.54) is 0 Å². The third-order valence-electron chi connectivity index (χ3n) is 4.67. The smallest absolute Gasteiger partial charge is 0.253 e. The van der Waals surface area contributed by atoms with E-state index in [-0.39, 0.29) is 53.5 Å².